The Morgan fingerprint density at radius 3 is 2.37 bits per heavy atom. The maximum Gasteiger partial charge on any atom is 0.233 e. The predicted octanol–water partition coefficient (Wildman–Crippen LogP) is 3.13. The van der Waals surface area contributed by atoms with E-state index >= 15 is 0 Å². The number of aromatic nitrogens is 1. The van der Waals surface area contributed by atoms with Crippen molar-refractivity contribution >= 4 is 17.6 Å². The van der Waals surface area contributed by atoms with Crippen molar-refractivity contribution in [2.75, 3.05) is 18.4 Å². The fourth-order valence-corrected chi connectivity index (χ4v) is 3.83. The van der Waals surface area contributed by atoms with Gasteiger partial charge in [0.05, 0.1) is 5.41 Å². The van der Waals surface area contributed by atoms with Crippen LogP contribution in [0.3, 0.4) is 0 Å². The quantitative estimate of drug-likeness (QED) is 0.903. The number of hydrogen-bond acceptors (Lipinski definition) is 3. The molecule has 2 aliphatic rings. The van der Waals surface area contributed by atoms with Crippen molar-refractivity contribution in [3.8, 4) is 0 Å². The Morgan fingerprint density at radius 1 is 1.07 bits per heavy atom. The average Bonchev–Trinajstić information content (AvgIpc) is 3.51. The standard InChI is InChI=1S/C21H22FN3O2/c22-17-6-4-16(5-7-17)21(10-11-21)20(27)25-13-8-15(9-14-25)19(26)24-18-3-1-2-12-23-18/h1-7,12,15H,8-11,13-14H2,(H,23,24,26). The van der Waals surface area contributed by atoms with Crippen LogP contribution in [0.25, 0.3) is 0 Å². The molecule has 0 bridgehead atoms. The topological polar surface area (TPSA) is 62.3 Å². The summed E-state index contributed by atoms with van der Waals surface area (Å²) >= 11 is 0. The number of nitrogens with zero attached hydrogens (tertiary/aromatic N) is 2. The second kappa shape index (κ2) is 7.10. The second-order valence-corrected chi connectivity index (χ2v) is 7.36. The Bertz CT molecular complexity index is 826. The van der Waals surface area contributed by atoms with Crippen LogP contribution in [0.4, 0.5) is 10.2 Å². The first-order valence-corrected chi connectivity index (χ1v) is 9.36. The van der Waals surface area contributed by atoms with Crippen molar-refractivity contribution in [1.82, 2.24) is 9.88 Å². The number of anilines is 1. The lowest BCUT2D eigenvalue weighted by Crippen LogP contribution is -2.45. The van der Waals surface area contributed by atoms with E-state index in [0.717, 1.165) is 18.4 Å². The predicted molar refractivity (Wildman–Crippen MR) is 99.5 cm³/mol. The number of rotatable bonds is 4. The third kappa shape index (κ3) is 3.56. The minimum Gasteiger partial charge on any atom is -0.342 e. The molecule has 0 radical (unpaired) electrons. The zero-order chi connectivity index (χ0) is 18.9. The second-order valence-electron chi connectivity index (χ2n) is 7.36. The summed E-state index contributed by atoms with van der Waals surface area (Å²) in [4.78, 5) is 31.4. The molecule has 0 spiro atoms. The van der Waals surface area contributed by atoms with Gasteiger partial charge in [-0.1, -0.05) is 18.2 Å². The summed E-state index contributed by atoms with van der Waals surface area (Å²) in [6, 6.07) is 11.6. The van der Waals surface area contributed by atoms with Crippen molar-refractivity contribution in [3.63, 3.8) is 0 Å². The molecule has 0 unspecified atom stereocenters. The van der Waals surface area contributed by atoms with Gasteiger partial charge in [-0.25, -0.2) is 9.37 Å². The summed E-state index contributed by atoms with van der Waals surface area (Å²) in [5.74, 6) is 0.214. The van der Waals surface area contributed by atoms with Crippen LogP contribution < -0.4 is 5.32 Å². The Morgan fingerprint density at radius 2 is 1.78 bits per heavy atom. The van der Waals surface area contributed by atoms with Crippen molar-refractivity contribution < 1.29 is 14.0 Å². The van der Waals surface area contributed by atoms with Crippen LogP contribution in [0, 0.1) is 11.7 Å². The summed E-state index contributed by atoms with van der Waals surface area (Å²) in [7, 11) is 0. The molecule has 1 aliphatic heterocycles. The maximum absolute atomic E-state index is 13.2. The molecule has 5 nitrogen and oxygen atoms in total. The summed E-state index contributed by atoms with van der Waals surface area (Å²) in [6.45, 7) is 1.14. The van der Waals surface area contributed by atoms with Gasteiger partial charge in [-0.05, 0) is 55.5 Å². The van der Waals surface area contributed by atoms with E-state index in [1.807, 2.05) is 11.0 Å². The SMILES string of the molecule is O=C(Nc1ccccn1)C1CCN(C(=O)C2(c3ccc(F)cc3)CC2)CC1. The lowest BCUT2D eigenvalue weighted by molar-refractivity contribution is -0.137. The van der Waals surface area contributed by atoms with Gasteiger partial charge in [0.25, 0.3) is 0 Å². The minimum atomic E-state index is -0.489. The van der Waals surface area contributed by atoms with E-state index in [1.165, 1.54) is 12.1 Å². The van der Waals surface area contributed by atoms with Gasteiger partial charge in [-0.3, -0.25) is 9.59 Å². The molecule has 2 heterocycles. The number of hydrogen-bond donors (Lipinski definition) is 1. The number of nitrogens with one attached hydrogen (secondary N) is 1. The smallest absolute Gasteiger partial charge is 0.233 e. The minimum absolute atomic E-state index is 0.0412. The molecular weight excluding hydrogens is 345 g/mol. The van der Waals surface area contributed by atoms with Gasteiger partial charge in [0.1, 0.15) is 11.6 Å². The summed E-state index contributed by atoms with van der Waals surface area (Å²) in [5, 5.41) is 2.84. The molecule has 1 N–H and O–H groups in total. The molecular formula is C21H22FN3O2. The highest BCUT2D eigenvalue weighted by Crippen LogP contribution is 2.50. The molecule has 2 amide bonds. The highest BCUT2D eigenvalue weighted by molar-refractivity contribution is 5.93. The number of carbonyl (C=O) groups excluding carboxylic acids is 2. The van der Waals surface area contributed by atoms with Crippen molar-refractivity contribution in [3.05, 3.63) is 60.0 Å². The molecule has 1 aliphatic carbocycles. The maximum atomic E-state index is 13.2. The first kappa shape index (κ1) is 17.6. The molecule has 27 heavy (non-hydrogen) atoms. The molecule has 2 aromatic rings. The number of amides is 2. The highest BCUT2D eigenvalue weighted by atomic mass is 19.1. The van der Waals surface area contributed by atoms with Crippen LogP contribution in [-0.4, -0.2) is 34.8 Å². The summed E-state index contributed by atoms with van der Waals surface area (Å²) < 4.78 is 13.2. The fraction of sp³-hybridized carbons (Fsp3) is 0.381. The van der Waals surface area contributed by atoms with Gasteiger partial charge in [0, 0.05) is 25.2 Å². The number of carbonyl (C=O) groups is 2. The third-order valence-electron chi connectivity index (χ3n) is 5.63. The molecule has 1 aromatic heterocycles. The van der Waals surface area contributed by atoms with E-state index in [0.29, 0.717) is 31.7 Å². The fourth-order valence-electron chi connectivity index (χ4n) is 3.83. The number of piperidine rings is 1. The van der Waals surface area contributed by atoms with Crippen molar-refractivity contribution in [2.45, 2.75) is 31.1 Å². The van der Waals surface area contributed by atoms with Crippen LogP contribution in [0.5, 0.6) is 0 Å². The lowest BCUT2D eigenvalue weighted by atomic mass is 9.91. The van der Waals surface area contributed by atoms with Crippen molar-refractivity contribution in [1.29, 1.82) is 0 Å². The molecule has 0 atom stereocenters. The number of halogens is 1. The number of benzene rings is 1. The Balaban J connectivity index is 1.36. The van der Waals surface area contributed by atoms with Gasteiger partial charge in [-0.15, -0.1) is 0 Å². The van der Waals surface area contributed by atoms with Gasteiger partial charge in [0.15, 0.2) is 0 Å². The molecule has 1 saturated heterocycles. The zero-order valence-corrected chi connectivity index (χ0v) is 15.0. The van der Waals surface area contributed by atoms with E-state index in [1.54, 1.807) is 30.5 Å². The van der Waals surface area contributed by atoms with Gasteiger partial charge in [0.2, 0.25) is 11.8 Å². The summed E-state index contributed by atoms with van der Waals surface area (Å²) in [6.07, 6.45) is 4.53. The summed E-state index contributed by atoms with van der Waals surface area (Å²) in [5.41, 5.74) is 0.403. The lowest BCUT2D eigenvalue weighted by Gasteiger charge is -2.34. The van der Waals surface area contributed by atoms with Gasteiger partial charge in [-0.2, -0.15) is 0 Å². The first-order valence-electron chi connectivity index (χ1n) is 9.36. The Labute approximate surface area is 157 Å². The number of likely N-dealkylation sites (tertiary alicyclic amines) is 1. The molecule has 1 saturated carbocycles. The molecule has 2 fully saturated rings. The molecule has 140 valence electrons. The van der Waals surface area contributed by atoms with Crippen LogP contribution in [-0.2, 0) is 15.0 Å². The van der Waals surface area contributed by atoms with Crippen molar-refractivity contribution in [2.24, 2.45) is 5.92 Å². The highest BCUT2D eigenvalue weighted by Gasteiger charge is 2.53. The largest absolute Gasteiger partial charge is 0.342 e. The number of pyridine rings is 1. The monoisotopic (exact) mass is 367 g/mol. The van der Waals surface area contributed by atoms with Crippen LogP contribution in [0.15, 0.2) is 48.7 Å². The van der Waals surface area contributed by atoms with Crippen LogP contribution >= 0.6 is 0 Å². The average molecular weight is 367 g/mol. The van der Waals surface area contributed by atoms with Crippen LogP contribution in [0.1, 0.15) is 31.2 Å². The molecule has 1 aromatic carbocycles. The first-order chi connectivity index (χ1) is 13.1. The van der Waals surface area contributed by atoms with E-state index < -0.39 is 5.41 Å². The van der Waals surface area contributed by atoms with E-state index in [9.17, 15) is 14.0 Å². The van der Waals surface area contributed by atoms with E-state index in [2.05, 4.69) is 10.3 Å². The Kier molecular flexibility index (Phi) is 4.64. The van der Waals surface area contributed by atoms with Gasteiger partial charge >= 0.3 is 0 Å². The van der Waals surface area contributed by atoms with E-state index in [-0.39, 0.29) is 23.5 Å². The normalized spacial score (nSPS) is 18.8. The Hall–Kier alpha value is -2.76. The molecule has 4 rings (SSSR count). The van der Waals surface area contributed by atoms with Gasteiger partial charge < -0.3 is 10.2 Å². The molecule has 6 heteroatoms. The zero-order valence-electron chi connectivity index (χ0n) is 15.0. The van der Waals surface area contributed by atoms with E-state index in [4.69, 9.17) is 0 Å². The third-order valence-corrected chi connectivity index (χ3v) is 5.63. The van der Waals surface area contributed by atoms with Crippen LogP contribution in [0.2, 0.25) is 0 Å².